The summed E-state index contributed by atoms with van der Waals surface area (Å²) in [5, 5.41) is 2.41. The van der Waals surface area contributed by atoms with Crippen LogP contribution in [0.4, 0.5) is 0 Å². The molecule has 0 aliphatic heterocycles. The van der Waals surface area contributed by atoms with Crippen molar-refractivity contribution in [1.82, 2.24) is 15.0 Å². The lowest BCUT2D eigenvalue weighted by Crippen LogP contribution is -2.26. The van der Waals surface area contributed by atoms with Crippen LogP contribution in [0.5, 0.6) is 0 Å². The van der Waals surface area contributed by atoms with E-state index in [1.54, 1.807) is 0 Å². The van der Waals surface area contributed by atoms with Gasteiger partial charge in [-0.05, 0) is 29.3 Å². The van der Waals surface area contributed by atoms with Crippen molar-refractivity contribution in [1.29, 1.82) is 0 Å². The van der Waals surface area contributed by atoms with Gasteiger partial charge in [-0.3, -0.25) is 4.98 Å². The Morgan fingerprint density at radius 2 is 1.61 bits per heavy atom. The molecule has 0 fully saturated rings. The van der Waals surface area contributed by atoms with Crippen LogP contribution in [-0.2, 0) is 0 Å². The Hall–Kier alpha value is -3.01. The third kappa shape index (κ3) is 2.71. The molecule has 0 spiro atoms. The highest BCUT2D eigenvalue weighted by molar-refractivity contribution is 5.61. The van der Waals surface area contributed by atoms with Gasteiger partial charge < -0.3 is 0 Å². The van der Waals surface area contributed by atoms with E-state index in [2.05, 4.69) is 39.2 Å². The first kappa shape index (κ1) is 13.6. The molecular formula is C19H15N3O. The molecule has 1 N–H and O–H groups in total. The molecule has 0 saturated heterocycles. The molecule has 4 nitrogen and oxygen atoms in total. The lowest BCUT2D eigenvalue weighted by Gasteiger charge is -2.05. The summed E-state index contributed by atoms with van der Waals surface area (Å²) in [6.45, 7) is 0. The molecule has 3 aromatic rings. The Morgan fingerprint density at radius 3 is 2.43 bits per heavy atom. The number of benzene rings is 2. The van der Waals surface area contributed by atoms with Gasteiger partial charge in [0.1, 0.15) is 5.82 Å². The van der Waals surface area contributed by atoms with Crippen molar-refractivity contribution < 1.29 is 0 Å². The molecule has 4 rings (SSSR count). The Morgan fingerprint density at radius 1 is 0.826 bits per heavy atom. The van der Waals surface area contributed by atoms with Crippen LogP contribution in [0.3, 0.4) is 0 Å². The Bertz CT molecular complexity index is 1040. The van der Waals surface area contributed by atoms with E-state index >= 15 is 0 Å². The molecule has 0 atom stereocenters. The van der Waals surface area contributed by atoms with E-state index < -0.39 is 0 Å². The zero-order valence-electron chi connectivity index (χ0n) is 12.5. The number of nitrogens with one attached hydrogen (secondary N) is 1. The molecular weight excluding hydrogens is 286 g/mol. The van der Waals surface area contributed by atoms with E-state index in [0.29, 0.717) is 11.6 Å². The summed E-state index contributed by atoms with van der Waals surface area (Å²) in [6, 6.07) is 15.7. The van der Waals surface area contributed by atoms with Crippen molar-refractivity contribution in [3.8, 4) is 22.8 Å². The summed E-state index contributed by atoms with van der Waals surface area (Å²) in [7, 11) is 0. The highest BCUT2D eigenvalue weighted by atomic mass is 16.1. The normalized spacial score (nSPS) is 12.9. The fourth-order valence-electron chi connectivity index (χ4n) is 2.80. The first-order valence-electron chi connectivity index (χ1n) is 7.64. The van der Waals surface area contributed by atoms with Crippen LogP contribution in [0.25, 0.3) is 34.9 Å². The van der Waals surface area contributed by atoms with Gasteiger partial charge in [0.15, 0.2) is 5.82 Å². The number of hydrogen-bond donors (Lipinski definition) is 1. The lowest BCUT2D eigenvalue weighted by molar-refractivity contribution is 1.00. The number of aromatic amines is 1. The number of nitrogens with zero attached hydrogens (tertiary/aromatic N) is 2. The quantitative estimate of drug-likeness (QED) is 0.786. The zero-order valence-corrected chi connectivity index (χ0v) is 12.5. The summed E-state index contributed by atoms with van der Waals surface area (Å²) in [4.78, 5) is 23.2. The van der Waals surface area contributed by atoms with Crippen molar-refractivity contribution >= 4 is 12.2 Å². The predicted molar refractivity (Wildman–Crippen MR) is 90.9 cm³/mol. The predicted octanol–water partition coefficient (Wildman–Crippen LogP) is 1.85. The van der Waals surface area contributed by atoms with E-state index in [1.165, 1.54) is 10.4 Å². The van der Waals surface area contributed by atoms with Crippen LogP contribution < -0.4 is 16.1 Å². The maximum atomic E-state index is 11.9. The summed E-state index contributed by atoms with van der Waals surface area (Å²) in [5.41, 5.74) is 1.34. The minimum Gasteiger partial charge on any atom is -0.290 e. The van der Waals surface area contributed by atoms with E-state index in [4.69, 9.17) is 0 Å². The minimum absolute atomic E-state index is 0.387. The van der Waals surface area contributed by atoms with Crippen molar-refractivity contribution in [2.24, 2.45) is 0 Å². The number of H-pyrrole nitrogens is 1. The number of hydrogen-bond acceptors (Lipinski definition) is 3. The van der Waals surface area contributed by atoms with Crippen LogP contribution in [0.15, 0.2) is 53.3 Å². The summed E-state index contributed by atoms with van der Waals surface area (Å²) >= 11 is 0. The third-order valence-electron chi connectivity index (χ3n) is 3.94. The average molecular weight is 301 g/mol. The van der Waals surface area contributed by atoms with E-state index in [0.717, 1.165) is 24.0 Å². The van der Waals surface area contributed by atoms with Gasteiger partial charge in [-0.1, -0.05) is 54.6 Å². The van der Waals surface area contributed by atoms with Gasteiger partial charge in [0.2, 0.25) is 0 Å². The molecule has 23 heavy (non-hydrogen) atoms. The van der Waals surface area contributed by atoms with Gasteiger partial charge in [-0.15, -0.1) is 0 Å². The third-order valence-corrected chi connectivity index (χ3v) is 3.94. The van der Waals surface area contributed by atoms with Gasteiger partial charge in [0.25, 0.3) is 0 Å². The Labute approximate surface area is 132 Å². The second-order valence-electron chi connectivity index (χ2n) is 5.52. The molecule has 0 saturated carbocycles. The maximum Gasteiger partial charge on any atom is 0.348 e. The zero-order chi connectivity index (χ0) is 15.6. The SMILES string of the molecule is O=c1nc(-c2ccc3c(c2)=CCCC=3)nc(-c2ccccc2)[nH]1. The van der Waals surface area contributed by atoms with Crippen LogP contribution in [0.1, 0.15) is 12.8 Å². The maximum absolute atomic E-state index is 11.9. The molecule has 2 aromatic carbocycles. The molecule has 1 aliphatic rings. The molecule has 1 heterocycles. The first-order valence-corrected chi connectivity index (χ1v) is 7.64. The van der Waals surface area contributed by atoms with E-state index in [1.807, 2.05) is 36.4 Å². The van der Waals surface area contributed by atoms with Crippen LogP contribution in [0.2, 0.25) is 0 Å². The fourth-order valence-corrected chi connectivity index (χ4v) is 2.80. The number of aromatic nitrogens is 3. The highest BCUT2D eigenvalue weighted by Gasteiger charge is 2.08. The highest BCUT2D eigenvalue weighted by Crippen LogP contribution is 2.16. The summed E-state index contributed by atoms with van der Waals surface area (Å²) in [5.74, 6) is 0.989. The van der Waals surface area contributed by atoms with Gasteiger partial charge in [0, 0.05) is 11.1 Å². The average Bonchev–Trinajstić information content (AvgIpc) is 2.61. The van der Waals surface area contributed by atoms with Crippen LogP contribution >= 0.6 is 0 Å². The second-order valence-corrected chi connectivity index (χ2v) is 5.52. The van der Waals surface area contributed by atoms with Crippen LogP contribution in [0, 0.1) is 0 Å². The van der Waals surface area contributed by atoms with Crippen molar-refractivity contribution in [2.75, 3.05) is 0 Å². The van der Waals surface area contributed by atoms with Crippen molar-refractivity contribution in [3.63, 3.8) is 0 Å². The van der Waals surface area contributed by atoms with Gasteiger partial charge in [0.05, 0.1) is 0 Å². The summed E-state index contributed by atoms with van der Waals surface area (Å²) in [6.07, 6.45) is 6.56. The molecule has 1 aromatic heterocycles. The van der Waals surface area contributed by atoms with E-state index in [-0.39, 0.29) is 5.69 Å². The first-order chi connectivity index (χ1) is 11.3. The van der Waals surface area contributed by atoms with Crippen LogP contribution in [-0.4, -0.2) is 15.0 Å². The second kappa shape index (κ2) is 5.65. The molecule has 112 valence electrons. The molecule has 0 amide bonds. The largest absolute Gasteiger partial charge is 0.348 e. The number of fused-ring (bicyclic) bond motifs is 1. The number of rotatable bonds is 2. The van der Waals surface area contributed by atoms with Gasteiger partial charge >= 0.3 is 5.69 Å². The van der Waals surface area contributed by atoms with Gasteiger partial charge in [-0.25, -0.2) is 9.78 Å². The van der Waals surface area contributed by atoms with Crippen molar-refractivity contribution in [3.05, 3.63) is 69.5 Å². The smallest absolute Gasteiger partial charge is 0.290 e. The van der Waals surface area contributed by atoms with Crippen molar-refractivity contribution in [2.45, 2.75) is 12.8 Å². The summed E-state index contributed by atoms with van der Waals surface area (Å²) < 4.78 is 0. The molecule has 1 aliphatic carbocycles. The molecule has 0 unspecified atom stereocenters. The fraction of sp³-hybridized carbons (Fsp3) is 0.105. The van der Waals surface area contributed by atoms with Gasteiger partial charge in [-0.2, -0.15) is 4.98 Å². The Kier molecular flexibility index (Phi) is 3.35. The molecule has 0 bridgehead atoms. The Balaban J connectivity index is 1.87. The standard InChI is InChI=1S/C19H15N3O/c23-19-21-17(14-7-2-1-3-8-14)20-18(22-19)16-11-10-13-6-4-5-9-15(13)12-16/h1-3,6-12H,4-5H2,(H,20,21,22,23). The molecule has 4 heteroatoms. The molecule has 0 radical (unpaired) electrons. The monoisotopic (exact) mass is 301 g/mol. The topological polar surface area (TPSA) is 58.6 Å². The minimum atomic E-state index is -0.387. The van der Waals surface area contributed by atoms with E-state index in [9.17, 15) is 4.79 Å². The lowest BCUT2D eigenvalue weighted by atomic mass is 10.0.